The molecule has 2 unspecified atom stereocenters. The second kappa shape index (κ2) is 9.61. The van der Waals surface area contributed by atoms with Crippen LogP contribution in [0.5, 0.6) is 0 Å². The fraction of sp³-hybridized carbons (Fsp3) is 0.409. The van der Waals surface area contributed by atoms with Gasteiger partial charge < -0.3 is 4.79 Å². The number of halogens is 3. The first-order chi connectivity index (χ1) is 13.5. The van der Waals surface area contributed by atoms with Crippen LogP contribution in [0, 0.1) is 23.4 Å². The van der Waals surface area contributed by atoms with Crippen LogP contribution in [0.15, 0.2) is 36.4 Å². The number of carbonyl (C=O) groups excluding carboxylic acids is 1. The first-order valence-electron chi connectivity index (χ1n) is 9.51. The van der Waals surface area contributed by atoms with E-state index in [4.69, 9.17) is 0 Å². The molecule has 0 bridgehead atoms. The topological polar surface area (TPSA) is 20.3 Å². The Morgan fingerprint density at radius 1 is 1.11 bits per heavy atom. The van der Waals surface area contributed by atoms with Crippen LogP contribution in [0.25, 0.3) is 11.1 Å². The number of carbonyl (C=O) groups is 1. The molecule has 0 aliphatic carbocycles. The van der Waals surface area contributed by atoms with Gasteiger partial charge in [0.25, 0.3) is 0 Å². The van der Waals surface area contributed by atoms with Gasteiger partial charge in [0.05, 0.1) is 0 Å². The van der Waals surface area contributed by atoms with Crippen LogP contribution in [0.3, 0.4) is 0 Å². The van der Waals surface area contributed by atoms with E-state index in [1.54, 1.807) is 24.1 Å². The van der Waals surface area contributed by atoms with Crippen molar-refractivity contribution in [3.8, 4) is 11.1 Å². The zero-order valence-electron chi connectivity index (χ0n) is 15.8. The summed E-state index contributed by atoms with van der Waals surface area (Å²) in [5.74, 6) is -2.38. The minimum absolute atomic E-state index is 0.360. The van der Waals surface area contributed by atoms with E-state index in [2.05, 4.69) is 10.6 Å². The van der Waals surface area contributed by atoms with Gasteiger partial charge in [0, 0.05) is 19.0 Å². The van der Waals surface area contributed by atoms with E-state index in [0.29, 0.717) is 29.0 Å². The summed E-state index contributed by atoms with van der Waals surface area (Å²) in [5, 5.41) is 0. The lowest BCUT2D eigenvalue weighted by molar-refractivity contribution is -0.109. The molecule has 1 fully saturated rings. The molecule has 1 aliphatic heterocycles. The number of hydrogen-bond donors (Lipinski definition) is 0. The normalized spacial score (nSPS) is 18.8. The molecular weight excluding hydrogens is 383 g/mol. The van der Waals surface area contributed by atoms with Gasteiger partial charge in [-0.1, -0.05) is 30.1 Å². The van der Waals surface area contributed by atoms with E-state index in [0.717, 1.165) is 50.8 Å². The van der Waals surface area contributed by atoms with Crippen molar-refractivity contribution in [2.24, 2.45) is 5.92 Å². The van der Waals surface area contributed by atoms with Crippen molar-refractivity contribution in [2.75, 3.05) is 19.3 Å². The average molecular weight is 408 g/mol. The average Bonchev–Trinajstić information content (AvgIpc) is 2.71. The molecular formula is C22H24F3NOS. The third kappa shape index (κ3) is 4.97. The Morgan fingerprint density at radius 2 is 1.82 bits per heavy atom. The number of nitrogens with zero attached hydrogens (tertiary/aromatic N) is 1. The fourth-order valence-electron chi connectivity index (χ4n) is 3.82. The highest BCUT2D eigenvalue weighted by Crippen LogP contribution is 2.31. The van der Waals surface area contributed by atoms with Crippen LogP contribution < -0.4 is 0 Å². The van der Waals surface area contributed by atoms with Gasteiger partial charge in [-0.2, -0.15) is 0 Å². The molecule has 1 aliphatic rings. The highest BCUT2D eigenvalue weighted by atomic mass is 32.2. The summed E-state index contributed by atoms with van der Waals surface area (Å²) < 4.78 is 43.6. The lowest BCUT2D eigenvalue weighted by Crippen LogP contribution is -2.30. The van der Waals surface area contributed by atoms with E-state index in [1.807, 2.05) is 0 Å². The van der Waals surface area contributed by atoms with E-state index in [-0.39, 0.29) is 0 Å². The van der Waals surface area contributed by atoms with Crippen LogP contribution in [0.2, 0.25) is 0 Å². The summed E-state index contributed by atoms with van der Waals surface area (Å²) in [7, 11) is 0. The molecule has 2 aromatic carbocycles. The first kappa shape index (κ1) is 20.9. The Balaban J connectivity index is 1.70. The summed E-state index contributed by atoms with van der Waals surface area (Å²) in [5.41, 5.74) is 1.21. The van der Waals surface area contributed by atoms with Crippen LogP contribution in [-0.2, 0) is 4.79 Å². The predicted molar refractivity (Wildman–Crippen MR) is 108 cm³/mol. The molecule has 0 N–H and O–H groups in total. The molecule has 1 saturated heterocycles. The van der Waals surface area contributed by atoms with Crippen molar-refractivity contribution in [1.82, 2.24) is 4.31 Å². The Labute approximate surface area is 168 Å². The molecule has 2 nitrogen and oxygen atoms in total. The zero-order valence-corrected chi connectivity index (χ0v) is 16.7. The summed E-state index contributed by atoms with van der Waals surface area (Å²) in [6.45, 7) is 2.10. The second-order valence-electron chi connectivity index (χ2n) is 7.26. The van der Waals surface area contributed by atoms with Gasteiger partial charge in [-0.05, 0) is 72.7 Å². The maximum atomic E-state index is 14.7. The van der Waals surface area contributed by atoms with Crippen LogP contribution >= 0.6 is 11.9 Å². The maximum Gasteiger partial charge on any atom is 0.159 e. The minimum Gasteiger partial charge on any atom is -0.303 e. The molecule has 0 saturated carbocycles. The van der Waals surface area contributed by atoms with Gasteiger partial charge in [0.2, 0.25) is 0 Å². The lowest BCUT2D eigenvalue weighted by Gasteiger charge is -2.31. The summed E-state index contributed by atoms with van der Waals surface area (Å²) in [6, 6.07) is 7.99. The standard InChI is InChI=1S/C22H24F3NOS/c1-28-26-10-2-3-15(13-26)4-5-18(14-27)19-8-6-16(11-21(19)24)17-7-9-20(23)22(25)12-17/h6-9,11-12,14-15,18H,2-5,10,13H2,1H3. The van der Waals surface area contributed by atoms with Gasteiger partial charge in [-0.15, -0.1) is 0 Å². The largest absolute Gasteiger partial charge is 0.303 e. The lowest BCUT2D eigenvalue weighted by atomic mass is 9.87. The van der Waals surface area contributed by atoms with Crippen molar-refractivity contribution in [3.05, 3.63) is 59.4 Å². The van der Waals surface area contributed by atoms with Crippen molar-refractivity contribution >= 4 is 18.2 Å². The Hall–Kier alpha value is -1.79. The molecule has 150 valence electrons. The molecule has 28 heavy (non-hydrogen) atoms. The summed E-state index contributed by atoms with van der Waals surface area (Å²) >= 11 is 1.74. The molecule has 0 amide bonds. The second-order valence-corrected chi connectivity index (χ2v) is 8.15. The monoisotopic (exact) mass is 407 g/mol. The van der Waals surface area contributed by atoms with Gasteiger partial charge in [0.1, 0.15) is 12.1 Å². The third-order valence-corrected chi connectivity index (χ3v) is 6.29. The highest BCUT2D eigenvalue weighted by molar-refractivity contribution is 7.96. The fourth-order valence-corrected chi connectivity index (χ4v) is 4.50. The molecule has 0 spiro atoms. The molecule has 0 radical (unpaired) electrons. The molecule has 2 atom stereocenters. The quantitative estimate of drug-likeness (QED) is 0.426. The Kier molecular flexibility index (Phi) is 7.18. The van der Waals surface area contributed by atoms with Crippen molar-refractivity contribution < 1.29 is 18.0 Å². The number of aldehydes is 1. The van der Waals surface area contributed by atoms with Crippen molar-refractivity contribution in [3.63, 3.8) is 0 Å². The Morgan fingerprint density at radius 3 is 2.46 bits per heavy atom. The van der Waals surface area contributed by atoms with Gasteiger partial charge >= 0.3 is 0 Å². The van der Waals surface area contributed by atoms with E-state index >= 15 is 0 Å². The summed E-state index contributed by atoms with van der Waals surface area (Å²) in [6.07, 6.45) is 6.66. The zero-order chi connectivity index (χ0) is 20.1. The number of hydrogen-bond acceptors (Lipinski definition) is 3. The molecule has 2 aromatic rings. The van der Waals surface area contributed by atoms with Crippen molar-refractivity contribution in [2.45, 2.75) is 31.6 Å². The molecule has 3 rings (SSSR count). The predicted octanol–water partition coefficient (Wildman–Crippen LogP) is 5.82. The third-order valence-electron chi connectivity index (χ3n) is 5.44. The smallest absolute Gasteiger partial charge is 0.159 e. The number of rotatable bonds is 7. The molecule has 0 aromatic heterocycles. The maximum absolute atomic E-state index is 14.7. The van der Waals surface area contributed by atoms with Gasteiger partial charge in [-0.3, -0.25) is 4.31 Å². The minimum atomic E-state index is -0.973. The van der Waals surface area contributed by atoms with Crippen LogP contribution in [-0.4, -0.2) is 29.9 Å². The van der Waals surface area contributed by atoms with Gasteiger partial charge in [-0.25, -0.2) is 13.2 Å². The Bertz CT molecular complexity index is 829. The van der Waals surface area contributed by atoms with Crippen LogP contribution in [0.4, 0.5) is 13.2 Å². The van der Waals surface area contributed by atoms with Crippen LogP contribution in [0.1, 0.15) is 37.2 Å². The molecule has 6 heteroatoms. The highest BCUT2D eigenvalue weighted by Gasteiger charge is 2.22. The SMILES string of the molecule is CSN1CCCC(CCC(C=O)c2ccc(-c3ccc(F)c(F)c3)cc2F)C1. The van der Waals surface area contributed by atoms with Crippen molar-refractivity contribution in [1.29, 1.82) is 0 Å². The van der Waals surface area contributed by atoms with Gasteiger partial charge in [0.15, 0.2) is 11.6 Å². The summed E-state index contributed by atoms with van der Waals surface area (Å²) in [4.78, 5) is 11.6. The number of piperidine rings is 1. The van der Waals surface area contributed by atoms with E-state index < -0.39 is 23.4 Å². The number of benzene rings is 2. The van der Waals surface area contributed by atoms with E-state index in [1.165, 1.54) is 12.1 Å². The first-order valence-corrected chi connectivity index (χ1v) is 10.7. The molecule has 1 heterocycles. The van der Waals surface area contributed by atoms with E-state index in [9.17, 15) is 18.0 Å².